The minimum Gasteiger partial charge on any atom is -0.494 e. The fourth-order valence-corrected chi connectivity index (χ4v) is 5.76. The number of carbonyl (C=O) groups excluding carboxylic acids is 1. The number of benzene rings is 2. The van der Waals surface area contributed by atoms with Crippen molar-refractivity contribution in [2.45, 2.75) is 128 Å². The Labute approximate surface area is 244 Å². The van der Waals surface area contributed by atoms with Crippen LogP contribution in [0.2, 0.25) is 0 Å². The van der Waals surface area contributed by atoms with Gasteiger partial charge in [0.25, 0.3) is 0 Å². The first kappa shape index (κ1) is 33.2. The molecule has 0 aliphatic rings. The quantitative estimate of drug-likeness (QED) is 0.0562. The fraction of sp³-hybridized carbons (Fsp3) is 0.583. The summed E-state index contributed by atoms with van der Waals surface area (Å²) in [6.45, 7) is 4.87. The largest absolute Gasteiger partial charge is 0.494 e. The Hall–Kier alpha value is -2.00. The van der Waals surface area contributed by atoms with Crippen LogP contribution in [0.1, 0.15) is 139 Å². The Balaban J connectivity index is 1.43. The van der Waals surface area contributed by atoms with E-state index < -0.39 is 0 Å². The van der Waals surface area contributed by atoms with Gasteiger partial charge in [0, 0.05) is 10.5 Å². The molecule has 0 aliphatic carbocycles. The molecule has 0 saturated heterocycles. The molecule has 0 spiro atoms. The van der Waals surface area contributed by atoms with E-state index in [1.165, 1.54) is 120 Å². The van der Waals surface area contributed by atoms with Gasteiger partial charge in [0.1, 0.15) is 5.75 Å². The topological polar surface area (TPSA) is 26.3 Å². The van der Waals surface area contributed by atoms with Crippen LogP contribution in [0.5, 0.6) is 5.75 Å². The van der Waals surface area contributed by atoms with Crippen molar-refractivity contribution in [1.29, 1.82) is 0 Å². The zero-order valence-corrected chi connectivity index (χ0v) is 25.7. The lowest BCUT2D eigenvalue weighted by atomic mass is 10.0. The van der Waals surface area contributed by atoms with Gasteiger partial charge in [-0.3, -0.25) is 4.79 Å². The van der Waals surface area contributed by atoms with E-state index in [-0.39, 0.29) is 5.78 Å². The first-order valence-corrected chi connectivity index (χ1v) is 16.9. The summed E-state index contributed by atoms with van der Waals surface area (Å²) in [6.07, 6.45) is 27.6. The minimum absolute atomic E-state index is 0.00954. The Morgan fingerprint density at radius 1 is 0.641 bits per heavy atom. The smallest absolute Gasteiger partial charge is 0.185 e. The molecule has 0 heterocycles. The number of carbonyl (C=O) groups is 1. The maximum absolute atomic E-state index is 12.4. The molecule has 0 saturated carbocycles. The highest BCUT2D eigenvalue weighted by molar-refractivity contribution is 7.99. The highest BCUT2D eigenvalue weighted by atomic mass is 32.2. The number of thioether (sulfide) groups is 1. The molecule has 0 amide bonds. The zero-order valence-electron chi connectivity index (χ0n) is 24.9. The van der Waals surface area contributed by atoms with E-state index >= 15 is 0 Å². The average Bonchev–Trinajstić information content (AvgIpc) is 2.96. The molecule has 39 heavy (non-hydrogen) atoms. The molecule has 216 valence electrons. The van der Waals surface area contributed by atoms with E-state index in [4.69, 9.17) is 4.74 Å². The standard InChI is InChI=1S/C36H54O2S/c1-3-5-6-7-8-9-10-11-12-13-14-15-16-17-18-19-20-31-39-35-28-21-32(22-29-35)23-30-36(37)33-24-26-34(27-25-33)38-4-2/h21-30H,3-20,31H2,1-2H3/b30-23+. The van der Waals surface area contributed by atoms with Gasteiger partial charge in [0.2, 0.25) is 0 Å². The molecule has 2 aromatic rings. The van der Waals surface area contributed by atoms with Crippen molar-refractivity contribution in [2.24, 2.45) is 0 Å². The van der Waals surface area contributed by atoms with E-state index in [2.05, 4.69) is 31.2 Å². The highest BCUT2D eigenvalue weighted by Gasteiger charge is 2.02. The van der Waals surface area contributed by atoms with Crippen LogP contribution in [-0.4, -0.2) is 18.1 Å². The van der Waals surface area contributed by atoms with E-state index in [9.17, 15) is 4.79 Å². The van der Waals surface area contributed by atoms with Crippen LogP contribution in [0, 0.1) is 0 Å². The van der Waals surface area contributed by atoms with Crippen molar-refractivity contribution in [1.82, 2.24) is 0 Å². The molecule has 0 fully saturated rings. The van der Waals surface area contributed by atoms with E-state index in [0.717, 1.165) is 11.3 Å². The van der Waals surface area contributed by atoms with Crippen molar-refractivity contribution >= 4 is 23.6 Å². The third kappa shape index (κ3) is 16.6. The number of unbranched alkanes of at least 4 members (excludes halogenated alkanes) is 16. The second-order valence-electron chi connectivity index (χ2n) is 10.7. The third-order valence-electron chi connectivity index (χ3n) is 7.27. The van der Waals surface area contributed by atoms with Crippen molar-refractivity contribution < 1.29 is 9.53 Å². The zero-order chi connectivity index (χ0) is 27.8. The number of hydrogen-bond donors (Lipinski definition) is 0. The fourth-order valence-electron chi connectivity index (χ4n) is 4.84. The number of hydrogen-bond acceptors (Lipinski definition) is 3. The van der Waals surface area contributed by atoms with E-state index in [1.54, 1.807) is 6.08 Å². The molecule has 3 heteroatoms. The van der Waals surface area contributed by atoms with Crippen LogP contribution in [0.4, 0.5) is 0 Å². The minimum atomic E-state index is 0.00954. The van der Waals surface area contributed by atoms with Gasteiger partial charge in [-0.05, 0) is 67.1 Å². The maximum atomic E-state index is 12.4. The van der Waals surface area contributed by atoms with Crippen LogP contribution in [0.3, 0.4) is 0 Å². The summed E-state index contributed by atoms with van der Waals surface area (Å²) >= 11 is 1.94. The Bertz CT molecular complexity index is 885. The van der Waals surface area contributed by atoms with Gasteiger partial charge in [-0.2, -0.15) is 0 Å². The lowest BCUT2D eigenvalue weighted by molar-refractivity contribution is 0.104. The van der Waals surface area contributed by atoms with Gasteiger partial charge in [0.05, 0.1) is 6.61 Å². The Kier molecular flexibility index (Phi) is 19.4. The molecule has 0 unspecified atom stereocenters. The molecular formula is C36H54O2S. The Morgan fingerprint density at radius 2 is 1.13 bits per heavy atom. The molecule has 0 aromatic heterocycles. The van der Waals surface area contributed by atoms with Gasteiger partial charge in [-0.25, -0.2) is 0 Å². The van der Waals surface area contributed by atoms with Crippen LogP contribution in [0.15, 0.2) is 59.5 Å². The molecular weight excluding hydrogens is 496 g/mol. The second kappa shape index (κ2) is 22.8. The summed E-state index contributed by atoms with van der Waals surface area (Å²) in [5.74, 6) is 1.99. The molecule has 0 bridgehead atoms. The predicted octanol–water partition coefficient (Wildman–Crippen LogP) is 11.7. The number of ketones is 1. The molecule has 0 N–H and O–H groups in total. The summed E-state index contributed by atoms with van der Waals surface area (Å²) in [7, 11) is 0. The normalized spacial score (nSPS) is 11.3. The van der Waals surface area contributed by atoms with Crippen LogP contribution in [0.25, 0.3) is 6.08 Å². The molecule has 0 aliphatic heterocycles. The lowest BCUT2D eigenvalue weighted by Crippen LogP contribution is -1.95. The molecule has 2 rings (SSSR count). The van der Waals surface area contributed by atoms with Gasteiger partial charge in [-0.15, -0.1) is 11.8 Å². The predicted molar refractivity (Wildman–Crippen MR) is 172 cm³/mol. The SMILES string of the molecule is CCCCCCCCCCCCCCCCCCCSc1ccc(/C=C/C(=O)c2ccc(OCC)cc2)cc1. The van der Waals surface area contributed by atoms with Crippen molar-refractivity contribution in [3.05, 3.63) is 65.7 Å². The van der Waals surface area contributed by atoms with Crippen molar-refractivity contribution in [3.63, 3.8) is 0 Å². The molecule has 0 radical (unpaired) electrons. The molecule has 2 nitrogen and oxygen atoms in total. The first-order valence-electron chi connectivity index (χ1n) is 15.9. The van der Waals surface area contributed by atoms with E-state index in [0.29, 0.717) is 12.2 Å². The van der Waals surface area contributed by atoms with E-state index in [1.807, 2.05) is 49.0 Å². The van der Waals surface area contributed by atoms with Gasteiger partial charge in [0.15, 0.2) is 5.78 Å². The molecule has 2 aromatic carbocycles. The number of allylic oxidation sites excluding steroid dienone is 1. The van der Waals surface area contributed by atoms with Crippen LogP contribution < -0.4 is 4.74 Å². The van der Waals surface area contributed by atoms with Crippen LogP contribution >= 0.6 is 11.8 Å². The molecule has 0 atom stereocenters. The summed E-state index contributed by atoms with van der Waals surface area (Å²) < 4.78 is 5.44. The average molecular weight is 551 g/mol. The van der Waals surface area contributed by atoms with Gasteiger partial charge >= 0.3 is 0 Å². The third-order valence-corrected chi connectivity index (χ3v) is 8.37. The Morgan fingerprint density at radius 3 is 1.62 bits per heavy atom. The summed E-state index contributed by atoms with van der Waals surface area (Å²) in [4.78, 5) is 13.7. The van der Waals surface area contributed by atoms with Gasteiger partial charge < -0.3 is 4.74 Å². The summed E-state index contributed by atoms with van der Waals surface area (Å²) in [6, 6.07) is 15.8. The first-order chi connectivity index (χ1) is 19.2. The van der Waals surface area contributed by atoms with Crippen LogP contribution in [-0.2, 0) is 0 Å². The second-order valence-corrected chi connectivity index (χ2v) is 11.9. The highest BCUT2D eigenvalue weighted by Crippen LogP contribution is 2.22. The summed E-state index contributed by atoms with van der Waals surface area (Å²) in [5.41, 5.74) is 1.73. The van der Waals surface area contributed by atoms with Crippen molar-refractivity contribution in [2.75, 3.05) is 12.4 Å². The lowest BCUT2D eigenvalue weighted by Gasteiger charge is -2.04. The van der Waals surface area contributed by atoms with Crippen molar-refractivity contribution in [3.8, 4) is 5.75 Å². The number of ether oxygens (including phenoxy) is 1. The maximum Gasteiger partial charge on any atom is 0.185 e. The number of rotatable bonds is 24. The monoisotopic (exact) mass is 550 g/mol. The summed E-state index contributed by atoms with van der Waals surface area (Å²) in [5, 5.41) is 0. The van der Waals surface area contributed by atoms with Gasteiger partial charge in [-0.1, -0.05) is 128 Å².